The number of fused-ring (bicyclic) bond motifs is 4. The van der Waals surface area contributed by atoms with E-state index < -0.39 is 0 Å². The number of hydrogen-bond donors (Lipinski definition) is 0. The lowest BCUT2D eigenvalue weighted by Gasteiger charge is -2.26. The highest BCUT2D eigenvalue weighted by Crippen LogP contribution is 2.42. The van der Waals surface area contributed by atoms with Gasteiger partial charge in [0.05, 0.1) is 16.7 Å². The fourth-order valence-corrected chi connectivity index (χ4v) is 9.01. The summed E-state index contributed by atoms with van der Waals surface area (Å²) in [6, 6.07) is 87.8. The van der Waals surface area contributed by atoms with Crippen LogP contribution in [-0.2, 0) is 0 Å². The summed E-state index contributed by atoms with van der Waals surface area (Å²) < 4.78 is 2.42. The van der Waals surface area contributed by atoms with Crippen LogP contribution in [0.1, 0.15) is 0 Å². The lowest BCUT2D eigenvalue weighted by Crippen LogP contribution is -2.10. The average Bonchev–Trinajstić information content (AvgIpc) is 3.66. The molecule has 0 saturated carbocycles. The van der Waals surface area contributed by atoms with Crippen molar-refractivity contribution in [2.24, 2.45) is 0 Å². The van der Waals surface area contributed by atoms with Gasteiger partial charge in [-0.1, -0.05) is 188 Å². The molecule has 0 spiro atoms. The van der Waals surface area contributed by atoms with Crippen molar-refractivity contribution in [1.82, 2.24) is 4.57 Å². The number of para-hydroxylation sites is 3. The van der Waals surface area contributed by atoms with E-state index in [1.807, 2.05) is 0 Å². The molecule has 0 bridgehead atoms. The van der Waals surface area contributed by atoms with Gasteiger partial charge in [0.2, 0.25) is 0 Å². The van der Waals surface area contributed by atoms with E-state index in [1.165, 1.54) is 71.5 Å². The van der Waals surface area contributed by atoms with Crippen LogP contribution >= 0.6 is 0 Å². The Morgan fingerprint density at radius 1 is 0.267 bits per heavy atom. The molecular formula is C58H40N2. The molecule has 0 aliphatic carbocycles. The molecule has 0 radical (unpaired) electrons. The summed E-state index contributed by atoms with van der Waals surface area (Å²) in [5.74, 6) is 0. The molecule has 2 nitrogen and oxygen atoms in total. The number of rotatable bonds is 8. The molecule has 0 aliphatic rings. The van der Waals surface area contributed by atoms with Crippen molar-refractivity contribution in [3.8, 4) is 50.2 Å². The summed E-state index contributed by atoms with van der Waals surface area (Å²) in [5.41, 5.74) is 16.4. The molecule has 0 saturated heterocycles. The Morgan fingerprint density at radius 3 is 1.45 bits per heavy atom. The van der Waals surface area contributed by atoms with Crippen LogP contribution in [0.2, 0.25) is 0 Å². The monoisotopic (exact) mass is 764 g/mol. The topological polar surface area (TPSA) is 8.17 Å². The third kappa shape index (κ3) is 6.23. The van der Waals surface area contributed by atoms with Crippen molar-refractivity contribution in [3.63, 3.8) is 0 Å². The summed E-state index contributed by atoms with van der Waals surface area (Å²) in [7, 11) is 0. The third-order valence-electron chi connectivity index (χ3n) is 11.8. The zero-order chi connectivity index (χ0) is 39.8. The quantitative estimate of drug-likeness (QED) is 0.150. The normalized spacial score (nSPS) is 11.3. The number of aromatic nitrogens is 1. The Morgan fingerprint density at radius 2 is 0.750 bits per heavy atom. The summed E-state index contributed by atoms with van der Waals surface area (Å²) in [6.07, 6.45) is 0. The number of benzene rings is 10. The van der Waals surface area contributed by atoms with Gasteiger partial charge in [-0.05, 0) is 104 Å². The molecule has 0 amide bonds. The third-order valence-corrected chi connectivity index (χ3v) is 11.8. The lowest BCUT2D eigenvalue weighted by molar-refractivity contribution is 1.18. The van der Waals surface area contributed by atoms with E-state index in [-0.39, 0.29) is 0 Å². The zero-order valence-corrected chi connectivity index (χ0v) is 33.0. The molecule has 11 aromatic rings. The maximum atomic E-state index is 2.42. The summed E-state index contributed by atoms with van der Waals surface area (Å²) >= 11 is 0. The Hall–Kier alpha value is -7.94. The molecule has 0 unspecified atom stereocenters. The Balaban J connectivity index is 1.01. The van der Waals surface area contributed by atoms with Crippen LogP contribution in [0.3, 0.4) is 0 Å². The summed E-state index contributed by atoms with van der Waals surface area (Å²) in [5, 5.41) is 5.02. The van der Waals surface area contributed by atoms with Crippen molar-refractivity contribution in [2.75, 3.05) is 4.90 Å². The van der Waals surface area contributed by atoms with Gasteiger partial charge >= 0.3 is 0 Å². The average molecular weight is 765 g/mol. The van der Waals surface area contributed by atoms with Gasteiger partial charge in [0.1, 0.15) is 0 Å². The minimum absolute atomic E-state index is 1.09. The molecule has 1 aromatic heterocycles. The molecule has 10 aromatic carbocycles. The second-order valence-corrected chi connectivity index (χ2v) is 15.3. The Bertz CT molecular complexity index is 3240. The highest BCUT2D eigenvalue weighted by Gasteiger charge is 2.19. The highest BCUT2D eigenvalue weighted by molar-refractivity contribution is 6.10. The van der Waals surface area contributed by atoms with Gasteiger partial charge in [-0.15, -0.1) is 0 Å². The van der Waals surface area contributed by atoms with Gasteiger partial charge in [0, 0.05) is 33.4 Å². The van der Waals surface area contributed by atoms with Gasteiger partial charge in [0.25, 0.3) is 0 Å². The van der Waals surface area contributed by atoms with Crippen LogP contribution in [0.15, 0.2) is 243 Å². The van der Waals surface area contributed by atoms with Crippen molar-refractivity contribution >= 4 is 49.6 Å². The molecule has 0 aliphatic heterocycles. The predicted molar refractivity (Wildman–Crippen MR) is 255 cm³/mol. The first-order valence-corrected chi connectivity index (χ1v) is 20.6. The van der Waals surface area contributed by atoms with Crippen molar-refractivity contribution in [2.45, 2.75) is 0 Å². The Kier molecular flexibility index (Phi) is 8.87. The first-order valence-electron chi connectivity index (χ1n) is 20.6. The van der Waals surface area contributed by atoms with Gasteiger partial charge < -0.3 is 9.47 Å². The zero-order valence-electron chi connectivity index (χ0n) is 33.0. The summed E-state index contributed by atoms with van der Waals surface area (Å²) in [4.78, 5) is 2.37. The number of nitrogens with zero attached hydrogens (tertiary/aromatic N) is 2. The second-order valence-electron chi connectivity index (χ2n) is 15.3. The van der Waals surface area contributed by atoms with Crippen LogP contribution in [-0.4, -0.2) is 4.57 Å². The molecule has 60 heavy (non-hydrogen) atoms. The molecule has 0 fully saturated rings. The number of anilines is 3. The van der Waals surface area contributed by atoms with Crippen LogP contribution in [0.25, 0.3) is 82.8 Å². The largest absolute Gasteiger partial charge is 0.310 e. The van der Waals surface area contributed by atoms with Gasteiger partial charge in [0.15, 0.2) is 0 Å². The first-order chi connectivity index (χ1) is 29.8. The fourth-order valence-electron chi connectivity index (χ4n) is 9.01. The molecule has 282 valence electrons. The van der Waals surface area contributed by atoms with E-state index >= 15 is 0 Å². The van der Waals surface area contributed by atoms with Crippen molar-refractivity contribution < 1.29 is 0 Å². The Labute approximate surface area is 350 Å². The van der Waals surface area contributed by atoms with E-state index in [0.717, 1.165) is 28.3 Å². The smallest absolute Gasteiger partial charge is 0.0541 e. The maximum Gasteiger partial charge on any atom is 0.0541 e. The lowest BCUT2D eigenvalue weighted by atomic mass is 9.93. The standard InChI is InChI=1S/C58H40N2/c1-2-16-41(17-3-1)45-20-14-21-48(40-45)59(46-36-32-43(33-37-46)50-28-15-19-42-18-4-5-22-49(42)50)47-38-34-44(35-39-47)51-23-6-7-24-52(51)53-25-8-11-29-56(53)60-57-30-12-9-26-54(57)55-27-10-13-31-58(55)60/h1-40H. The van der Waals surface area contributed by atoms with Crippen molar-refractivity contribution in [3.05, 3.63) is 243 Å². The summed E-state index contributed by atoms with van der Waals surface area (Å²) in [6.45, 7) is 0. The van der Waals surface area contributed by atoms with E-state index in [1.54, 1.807) is 0 Å². The minimum atomic E-state index is 1.09. The second kappa shape index (κ2) is 15.1. The maximum absolute atomic E-state index is 2.42. The van der Waals surface area contributed by atoms with Crippen molar-refractivity contribution in [1.29, 1.82) is 0 Å². The fraction of sp³-hybridized carbons (Fsp3) is 0. The van der Waals surface area contributed by atoms with Gasteiger partial charge in [-0.2, -0.15) is 0 Å². The van der Waals surface area contributed by atoms with E-state index in [0.29, 0.717) is 0 Å². The molecule has 11 rings (SSSR count). The van der Waals surface area contributed by atoms with Crippen LogP contribution in [0, 0.1) is 0 Å². The first kappa shape index (κ1) is 35.2. The van der Waals surface area contributed by atoms with Gasteiger partial charge in [-0.3, -0.25) is 0 Å². The molecule has 1 heterocycles. The van der Waals surface area contributed by atoms with Gasteiger partial charge in [-0.25, -0.2) is 0 Å². The molecule has 0 atom stereocenters. The van der Waals surface area contributed by atoms with Crippen LogP contribution in [0.4, 0.5) is 17.1 Å². The SMILES string of the molecule is c1ccc(-c2cccc(N(c3ccc(-c4ccccc4-c4ccccc4-n4c5ccccc5c5ccccc54)cc3)c3ccc(-c4cccc5ccccc45)cc3)c2)cc1. The molecule has 0 N–H and O–H groups in total. The van der Waals surface area contributed by atoms with E-state index in [9.17, 15) is 0 Å². The minimum Gasteiger partial charge on any atom is -0.310 e. The number of hydrogen-bond acceptors (Lipinski definition) is 1. The van der Waals surface area contributed by atoms with Crippen LogP contribution in [0.5, 0.6) is 0 Å². The molecular weight excluding hydrogens is 725 g/mol. The predicted octanol–water partition coefficient (Wildman–Crippen LogP) is 16.1. The highest BCUT2D eigenvalue weighted by atomic mass is 15.1. The van der Waals surface area contributed by atoms with E-state index in [4.69, 9.17) is 0 Å². The van der Waals surface area contributed by atoms with E-state index in [2.05, 4.69) is 252 Å². The molecule has 2 heteroatoms. The van der Waals surface area contributed by atoms with Crippen LogP contribution < -0.4 is 4.90 Å².